The van der Waals surface area contributed by atoms with E-state index in [1.54, 1.807) is 31.2 Å². The van der Waals surface area contributed by atoms with Gasteiger partial charge in [0.05, 0.1) is 7.11 Å². The van der Waals surface area contributed by atoms with Gasteiger partial charge < -0.3 is 4.74 Å². The van der Waals surface area contributed by atoms with E-state index in [2.05, 4.69) is 4.74 Å². The predicted molar refractivity (Wildman–Crippen MR) is 51.1 cm³/mol. The van der Waals surface area contributed by atoms with Gasteiger partial charge in [-0.15, -0.1) is 0 Å². The Morgan fingerprint density at radius 3 is 2.36 bits per heavy atom. The molecule has 0 aliphatic heterocycles. The lowest BCUT2D eigenvalue weighted by Crippen LogP contribution is -2.38. The van der Waals surface area contributed by atoms with Crippen LogP contribution in [0.4, 0.5) is 0 Å². The van der Waals surface area contributed by atoms with Crippen LogP contribution in [0.1, 0.15) is 12.5 Å². The highest BCUT2D eigenvalue weighted by atomic mass is 16.7. The monoisotopic (exact) mass is 195 g/mol. The molecule has 1 atom stereocenters. The van der Waals surface area contributed by atoms with E-state index in [4.69, 9.17) is 10.7 Å². The van der Waals surface area contributed by atoms with Crippen molar-refractivity contribution in [1.82, 2.24) is 0 Å². The quantitative estimate of drug-likeness (QED) is 0.576. The number of ether oxygens (including phenoxy) is 1. The fourth-order valence-corrected chi connectivity index (χ4v) is 1.18. The average molecular weight is 195 g/mol. The molecule has 0 bridgehead atoms. The molecular weight excluding hydrogens is 182 g/mol. The second-order valence-electron chi connectivity index (χ2n) is 3.01. The number of hydrogen-bond donors (Lipinski definition) is 1. The summed E-state index contributed by atoms with van der Waals surface area (Å²) in [5.74, 6) is 4.59. The van der Waals surface area contributed by atoms with Crippen LogP contribution in [-0.4, -0.2) is 13.1 Å². The summed E-state index contributed by atoms with van der Waals surface area (Å²) in [5, 5.41) is 0. The van der Waals surface area contributed by atoms with Crippen LogP contribution < -0.4 is 5.90 Å². The molecule has 4 heteroatoms. The molecule has 0 aliphatic rings. The van der Waals surface area contributed by atoms with Crippen molar-refractivity contribution in [3.8, 4) is 0 Å². The molecule has 76 valence electrons. The van der Waals surface area contributed by atoms with Gasteiger partial charge in [0, 0.05) is 0 Å². The number of carbonyl (C=O) groups excluding carboxylic acids is 1. The van der Waals surface area contributed by atoms with Crippen LogP contribution in [0, 0.1) is 0 Å². The Hall–Kier alpha value is -1.39. The lowest BCUT2D eigenvalue weighted by molar-refractivity contribution is -0.169. The first-order valence-corrected chi connectivity index (χ1v) is 4.17. The Bertz CT molecular complexity index is 312. The van der Waals surface area contributed by atoms with Gasteiger partial charge in [-0.25, -0.2) is 10.7 Å². The van der Waals surface area contributed by atoms with Gasteiger partial charge in [0.15, 0.2) is 0 Å². The molecule has 0 amide bonds. The molecule has 0 heterocycles. The lowest BCUT2D eigenvalue weighted by Gasteiger charge is -2.24. The predicted octanol–water partition coefficient (Wildman–Crippen LogP) is 0.965. The van der Waals surface area contributed by atoms with Crippen LogP contribution in [-0.2, 0) is 20.0 Å². The first-order valence-electron chi connectivity index (χ1n) is 4.17. The van der Waals surface area contributed by atoms with Gasteiger partial charge in [0.2, 0.25) is 5.60 Å². The minimum atomic E-state index is -1.24. The molecule has 1 unspecified atom stereocenters. The maximum Gasteiger partial charge on any atom is 0.344 e. The number of hydrogen-bond acceptors (Lipinski definition) is 4. The summed E-state index contributed by atoms with van der Waals surface area (Å²) in [5.41, 5.74) is -0.579. The molecule has 0 spiro atoms. The zero-order chi connectivity index (χ0) is 10.6. The van der Waals surface area contributed by atoms with Crippen molar-refractivity contribution in [2.45, 2.75) is 12.5 Å². The molecule has 4 nitrogen and oxygen atoms in total. The molecule has 1 aromatic carbocycles. The standard InChI is InChI=1S/C10H13NO3/c1-10(14-11,9(12)13-2)8-6-4-3-5-7-8/h3-7H,11H2,1-2H3. The number of nitrogens with two attached hydrogens (primary N) is 1. The fourth-order valence-electron chi connectivity index (χ4n) is 1.18. The van der Waals surface area contributed by atoms with E-state index < -0.39 is 11.6 Å². The van der Waals surface area contributed by atoms with E-state index >= 15 is 0 Å². The summed E-state index contributed by atoms with van der Waals surface area (Å²) < 4.78 is 4.62. The van der Waals surface area contributed by atoms with Gasteiger partial charge >= 0.3 is 5.97 Å². The molecule has 2 N–H and O–H groups in total. The van der Waals surface area contributed by atoms with Crippen molar-refractivity contribution in [3.05, 3.63) is 35.9 Å². The third kappa shape index (κ3) is 1.76. The van der Waals surface area contributed by atoms with E-state index in [1.807, 2.05) is 6.07 Å². The third-order valence-electron chi connectivity index (χ3n) is 2.14. The average Bonchev–Trinajstić information content (AvgIpc) is 2.28. The van der Waals surface area contributed by atoms with E-state index in [0.717, 1.165) is 0 Å². The smallest absolute Gasteiger partial charge is 0.344 e. The maximum absolute atomic E-state index is 11.4. The Balaban J connectivity index is 3.08. The van der Waals surface area contributed by atoms with Crippen molar-refractivity contribution in [1.29, 1.82) is 0 Å². The van der Waals surface area contributed by atoms with Crippen LogP contribution in [0.2, 0.25) is 0 Å². The second-order valence-corrected chi connectivity index (χ2v) is 3.01. The number of rotatable bonds is 3. The van der Waals surface area contributed by atoms with Crippen molar-refractivity contribution >= 4 is 5.97 Å². The number of benzene rings is 1. The van der Waals surface area contributed by atoms with Gasteiger partial charge in [0.25, 0.3) is 0 Å². The van der Waals surface area contributed by atoms with Crippen molar-refractivity contribution in [2.24, 2.45) is 5.90 Å². The minimum Gasteiger partial charge on any atom is -0.467 e. The summed E-state index contributed by atoms with van der Waals surface area (Å²) in [6.45, 7) is 1.56. The normalized spacial score (nSPS) is 14.5. The zero-order valence-electron chi connectivity index (χ0n) is 8.19. The van der Waals surface area contributed by atoms with Crippen LogP contribution in [0.5, 0.6) is 0 Å². The molecule has 0 radical (unpaired) electrons. The van der Waals surface area contributed by atoms with Crippen LogP contribution in [0.15, 0.2) is 30.3 Å². The first kappa shape index (κ1) is 10.7. The molecule has 0 fully saturated rings. The highest BCUT2D eigenvalue weighted by Crippen LogP contribution is 2.24. The van der Waals surface area contributed by atoms with Crippen molar-refractivity contribution < 1.29 is 14.4 Å². The van der Waals surface area contributed by atoms with E-state index in [0.29, 0.717) is 5.56 Å². The zero-order valence-corrected chi connectivity index (χ0v) is 8.19. The van der Waals surface area contributed by atoms with Gasteiger partial charge in [-0.2, -0.15) is 0 Å². The van der Waals surface area contributed by atoms with E-state index in [1.165, 1.54) is 7.11 Å². The van der Waals surface area contributed by atoms with Crippen molar-refractivity contribution in [3.63, 3.8) is 0 Å². The topological polar surface area (TPSA) is 61.5 Å². The highest BCUT2D eigenvalue weighted by Gasteiger charge is 2.37. The van der Waals surface area contributed by atoms with Crippen LogP contribution in [0.3, 0.4) is 0 Å². The fraction of sp³-hybridized carbons (Fsp3) is 0.300. The van der Waals surface area contributed by atoms with E-state index in [-0.39, 0.29) is 0 Å². The summed E-state index contributed by atoms with van der Waals surface area (Å²) in [6.07, 6.45) is 0. The SMILES string of the molecule is COC(=O)C(C)(ON)c1ccccc1. The molecule has 0 saturated heterocycles. The first-order chi connectivity index (χ1) is 6.65. The van der Waals surface area contributed by atoms with Gasteiger partial charge in [0.1, 0.15) is 0 Å². The molecule has 1 aromatic rings. The molecule has 1 rings (SSSR count). The summed E-state index contributed by atoms with van der Waals surface area (Å²) in [4.78, 5) is 16.1. The number of esters is 1. The molecule has 0 saturated carbocycles. The summed E-state index contributed by atoms with van der Waals surface area (Å²) >= 11 is 0. The van der Waals surface area contributed by atoms with Gasteiger partial charge in [-0.3, -0.25) is 4.84 Å². The molecule has 0 aliphatic carbocycles. The number of methoxy groups -OCH3 is 1. The summed E-state index contributed by atoms with van der Waals surface area (Å²) in [7, 11) is 1.29. The Kier molecular flexibility index (Phi) is 3.22. The molecule has 0 aromatic heterocycles. The largest absolute Gasteiger partial charge is 0.467 e. The second kappa shape index (κ2) is 4.21. The summed E-state index contributed by atoms with van der Waals surface area (Å²) in [6, 6.07) is 8.95. The van der Waals surface area contributed by atoms with Crippen LogP contribution in [0.25, 0.3) is 0 Å². The highest BCUT2D eigenvalue weighted by molar-refractivity contribution is 5.80. The molecular formula is C10H13NO3. The number of carbonyl (C=O) groups is 1. The lowest BCUT2D eigenvalue weighted by atomic mass is 9.96. The minimum absolute atomic E-state index is 0.522. The Labute approximate surface area is 82.6 Å². The maximum atomic E-state index is 11.4. The third-order valence-corrected chi connectivity index (χ3v) is 2.14. The molecule has 14 heavy (non-hydrogen) atoms. The Morgan fingerprint density at radius 2 is 1.93 bits per heavy atom. The van der Waals surface area contributed by atoms with Crippen LogP contribution >= 0.6 is 0 Å². The van der Waals surface area contributed by atoms with E-state index in [9.17, 15) is 4.79 Å². The van der Waals surface area contributed by atoms with Gasteiger partial charge in [-0.1, -0.05) is 30.3 Å². The Morgan fingerprint density at radius 1 is 1.36 bits per heavy atom. The van der Waals surface area contributed by atoms with Crippen molar-refractivity contribution in [2.75, 3.05) is 7.11 Å². The van der Waals surface area contributed by atoms with Gasteiger partial charge in [-0.05, 0) is 12.5 Å².